The Hall–Kier alpha value is -2.57. The third-order valence-electron chi connectivity index (χ3n) is 7.33. The molecular weight excluding hydrogens is 398 g/mol. The molecule has 2 aliphatic heterocycles. The number of anilines is 1. The standard InChI is InChI=1S/C24H28F2N4O/c1-17(31)29-13-9-23(10-14-29)8-7-19-20(23)27-21(18-5-3-2-4-6-18)28-22(19)30-15-11-24(25,26)12-16-30/h2-6H,7-16H2,1H3. The molecule has 7 heteroatoms. The molecule has 2 fully saturated rings. The van der Waals surface area contributed by atoms with Crippen LogP contribution < -0.4 is 4.90 Å². The average molecular weight is 427 g/mol. The van der Waals surface area contributed by atoms with Crippen LogP contribution in [0.3, 0.4) is 0 Å². The Morgan fingerprint density at radius 1 is 0.935 bits per heavy atom. The first-order valence-corrected chi connectivity index (χ1v) is 11.2. The van der Waals surface area contributed by atoms with Gasteiger partial charge in [0.25, 0.3) is 5.92 Å². The molecule has 5 nitrogen and oxygen atoms in total. The lowest BCUT2D eigenvalue weighted by Crippen LogP contribution is -2.44. The topological polar surface area (TPSA) is 49.3 Å². The highest BCUT2D eigenvalue weighted by atomic mass is 19.3. The fraction of sp³-hybridized carbons (Fsp3) is 0.542. The van der Waals surface area contributed by atoms with E-state index in [4.69, 9.17) is 9.97 Å². The maximum Gasteiger partial charge on any atom is 0.251 e. The first-order valence-electron chi connectivity index (χ1n) is 11.2. The second-order valence-electron chi connectivity index (χ2n) is 9.19. The summed E-state index contributed by atoms with van der Waals surface area (Å²) in [6.07, 6.45) is 3.37. The number of likely N-dealkylation sites (tertiary alicyclic amines) is 1. The molecule has 2 aromatic rings. The smallest absolute Gasteiger partial charge is 0.251 e. The number of hydrogen-bond donors (Lipinski definition) is 0. The Bertz CT molecular complexity index is 977. The van der Waals surface area contributed by atoms with Gasteiger partial charge in [-0.15, -0.1) is 0 Å². The van der Waals surface area contributed by atoms with E-state index in [9.17, 15) is 13.6 Å². The van der Waals surface area contributed by atoms with Gasteiger partial charge in [-0.1, -0.05) is 30.3 Å². The van der Waals surface area contributed by atoms with Crippen molar-refractivity contribution >= 4 is 11.7 Å². The summed E-state index contributed by atoms with van der Waals surface area (Å²) in [5, 5.41) is 0. The predicted octanol–water partition coefficient (Wildman–Crippen LogP) is 4.21. The number of carbonyl (C=O) groups excluding carboxylic acids is 1. The number of alkyl halides is 2. The van der Waals surface area contributed by atoms with E-state index in [1.165, 1.54) is 0 Å². The number of benzene rings is 1. The highest BCUT2D eigenvalue weighted by Crippen LogP contribution is 2.48. The number of hydrogen-bond acceptors (Lipinski definition) is 4. The summed E-state index contributed by atoms with van der Waals surface area (Å²) < 4.78 is 27.6. The average Bonchev–Trinajstić information content (AvgIpc) is 3.12. The van der Waals surface area contributed by atoms with Crippen LogP contribution in [0.15, 0.2) is 30.3 Å². The molecule has 3 aliphatic rings. The van der Waals surface area contributed by atoms with Crippen LogP contribution in [-0.2, 0) is 16.6 Å². The van der Waals surface area contributed by atoms with Crippen LogP contribution in [0.5, 0.6) is 0 Å². The minimum atomic E-state index is -2.59. The van der Waals surface area contributed by atoms with Crippen molar-refractivity contribution in [2.75, 3.05) is 31.1 Å². The molecule has 0 N–H and O–H groups in total. The fourth-order valence-electron chi connectivity index (χ4n) is 5.38. The van der Waals surface area contributed by atoms with Gasteiger partial charge < -0.3 is 9.80 Å². The number of nitrogens with zero attached hydrogens (tertiary/aromatic N) is 4. The van der Waals surface area contributed by atoms with Crippen molar-refractivity contribution in [2.24, 2.45) is 0 Å². The molecule has 0 saturated carbocycles. The predicted molar refractivity (Wildman–Crippen MR) is 115 cm³/mol. The largest absolute Gasteiger partial charge is 0.356 e. The number of halogens is 2. The minimum Gasteiger partial charge on any atom is -0.356 e. The van der Waals surface area contributed by atoms with E-state index >= 15 is 0 Å². The van der Waals surface area contributed by atoms with Gasteiger partial charge in [0.1, 0.15) is 5.82 Å². The van der Waals surface area contributed by atoms with Gasteiger partial charge in [0, 0.05) is 62.5 Å². The summed E-state index contributed by atoms with van der Waals surface area (Å²) in [7, 11) is 0. The monoisotopic (exact) mass is 426 g/mol. The minimum absolute atomic E-state index is 0.0533. The number of carbonyl (C=O) groups is 1. The van der Waals surface area contributed by atoms with Crippen molar-refractivity contribution in [1.82, 2.24) is 14.9 Å². The maximum absolute atomic E-state index is 13.8. The van der Waals surface area contributed by atoms with E-state index in [0.29, 0.717) is 18.9 Å². The van der Waals surface area contributed by atoms with Crippen molar-refractivity contribution in [3.8, 4) is 11.4 Å². The molecule has 1 aromatic carbocycles. The van der Waals surface area contributed by atoms with Gasteiger partial charge in [0.2, 0.25) is 5.91 Å². The van der Waals surface area contributed by atoms with E-state index in [-0.39, 0.29) is 24.2 Å². The van der Waals surface area contributed by atoms with Crippen LogP contribution in [0, 0.1) is 0 Å². The van der Waals surface area contributed by atoms with E-state index in [1.54, 1.807) is 6.92 Å². The second kappa shape index (κ2) is 7.53. The summed E-state index contributed by atoms with van der Waals surface area (Å²) in [4.78, 5) is 25.8. The Morgan fingerprint density at radius 2 is 1.61 bits per heavy atom. The van der Waals surface area contributed by atoms with E-state index < -0.39 is 5.92 Å². The van der Waals surface area contributed by atoms with Crippen molar-refractivity contribution in [2.45, 2.75) is 56.8 Å². The van der Waals surface area contributed by atoms with Gasteiger partial charge in [-0.3, -0.25) is 4.79 Å². The Kier molecular flexibility index (Phi) is 4.94. The first-order chi connectivity index (χ1) is 14.9. The molecule has 0 bridgehead atoms. The summed E-state index contributed by atoms with van der Waals surface area (Å²) in [6, 6.07) is 9.89. The van der Waals surface area contributed by atoms with Crippen LogP contribution >= 0.6 is 0 Å². The number of aromatic nitrogens is 2. The van der Waals surface area contributed by atoms with Crippen LogP contribution in [-0.4, -0.2) is 52.9 Å². The van der Waals surface area contributed by atoms with Gasteiger partial charge in [-0.25, -0.2) is 18.7 Å². The number of fused-ring (bicyclic) bond motifs is 2. The quantitative estimate of drug-likeness (QED) is 0.722. The molecule has 1 amide bonds. The highest BCUT2D eigenvalue weighted by Gasteiger charge is 2.45. The molecular formula is C24H28F2N4O. The van der Waals surface area contributed by atoms with Gasteiger partial charge >= 0.3 is 0 Å². The third-order valence-corrected chi connectivity index (χ3v) is 7.33. The lowest BCUT2D eigenvalue weighted by Gasteiger charge is -2.39. The molecule has 1 aliphatic carbocycles. The summed E-state index contributed by atoms with van der Waals surface area (Å²) in [6.45, 7) is 3.74. The van der Waals surface area contributed by atoms with Crippen molar-refractivity contribution in [3.63, 3.8) is 0 Å². The zero-order valence-electron chi connectivity index (χ0n) is 17.9. The molecule has 3 heterocycles. The Labute approximate surface area is 181 Å². The van der Waals surface area contributed by atoms with Crippen molar-refractivity contribution < 1.29 is 13.6 Å². The fourth-order valence-corrected chi connectivity index (χ4v) is 5.38. The molecule has 0 radical (unpaired) electrons. The molecule has 0 unspecified atom stereocenters. The van der Waals surface area contributed by atoms with E-state index in [1.807, 2.05) is 40.1 Å². The molecule has 0 atom stereocenters. The van der Waals surface area contributed by atoms with Crippen LogP contribution in [0.1, 0.15) is 50.3 Å². The van der Waals surface area contributed by atoms with Gasteiger partial charge in [-0.05, 0) is 25.7 Å². The summed E-state index contributed by atoms with van der Waals surface area (Å²) in [5.41, 5.74) is 3.09. The Morgan fingerprint density at radius 3 is 2.26 bits per heavy atom. The summed E-state index contributed by atoms with van der Waals surface area (Å²) in [5.74, 6) is -0.960. The SMILES string of the molecule is CC(=O)N1CCC2(CCc3c(N4CCC(F)(F)CC4)nc(-c4ccccc4)nc32)CC1. The molecule has 164 valence electrons. The van der Waals surface area contributed by atoms with Crippen molar-refractivity contribution in [1.29, 1.82) is 0 Å². The zero-order valence-corrected chi connectivity index (χ0v) is 17.9. The molecule has 5 rings (SSSR count). The second-order valence-corrected chi connectivity index (χ2v) is 9.19. The highest BCUT2D eigenvalue weighted by molar-refractivity contribution is 5.73. The van der Waals surface area contributed by atoms with Crippen molar-refractivity contribution in [3.05, 3.63) is 41.6 Å². The number of piperidine rings is 2. The van der Waals surface area contributed by atoms with Gasteiger partial charge in [-0.2, -0.15) is 0 Å². The van der Waals surface area contributed by atoms with Crippen LogP contribution in [0.2, 0.25) is 0 Å². The van der Waals surface area contributed by atoms with Crippen LogP contribution in [0.25, 0.3) is 11.4 Å². The van der Waals surface area contributed by atoms with E-state index in [0.717, 1.165) is 61.4 Å². The van der Waals surface area contributed by atoms with Gasteiger partial charge in [0.15, 0.2) is 5.82 Å². The van der Waals surface area contributed by atoms with Gasteiger partial charge in [0.05, 0.1) is 5.69 Å². The number of amides is 1. The molecule has 1 aromatic heterocycles. The number of rotatable bonds is 2. The lowest BCUT2D eigenvalue weighted by molar-refractivity contribution is -0.130. The zero-order chi connectivity index (χ0) is 21.6. The third kappa shape index (κ3) is 3.68. The van der Waals surface area contributed by atoms with Crippen LogP contribution in [0.4, 0.5) is 14.6 Å². The Balaban J connectivity index is 1.56. The normalized spacial score (nSPS) is 21.9. The molecule has 31 heavy (non-hydrogen) atoms. The van der Waals surface area contributed by atoms with E-state index in [2.05, 4.69) is 0 Å². The first kappa shape index (κ1) is 20.3. The summed E-state index contributed by atoms with van der Waals surface area (Å²) >= 11 is 0. The molecule has 2 saturated heterocycles. The maximum atomic E-state index is 13.8. The molecule has 1 spiro atoms. The lowest BCUT2D eigenvalue weighted by atomic mass is 9.76.